The third-order valence-corrected chi connectivity index (χ3v) is 3.93. The number of carboxylic acids is 1. The fraction of sp³-hybridized carbons (Fsp3) is 0.0500. The van der Waals surface area contributed by atoms with Crippen molar-refractivity contribution in [2.75, 3.05) is 0 Å². The number of benzene rings is 2. The molecule has 0 atom stereocenters. The lowest BCUT2D eigenvalue weighted by atomic mass is 10.1. The lowest BCUT2D eigenvalue weighted by molar-refractivity contribution is 0.0697. The minimum Gasteiger partial charge on any atom is -0.478 e. The highest BCUT2D eigenvalue weighted by Crippen LogP contribution is 2.22. The van der Waals surface area contributed by atoms with Gasteiger partial charge < -0.3 is 14.8 Å². The van der Waals surface area contributed by atoms with Gasteiger partial charge in [-0.2, -0.15) is 5.10 Å². The average molecular weight is 379 g/mol. The number of aromatic carboxylic acids is 1. The lowest BCUT2D eigenvalue weighted by Crippen LogP contribution is -2.31. The Kier molecular flexibility index (Phi) is 5.96. The third-order valence-electron chi connectivity index (χ3n) is 3.70. The number of rotatable bonds is 6. The van der Waals surface area contributed by atoms with Gasteiger partial charge in [-0.15, -0.1) is 0 Å². The summed E-state index contributed by atoms with van der Waals surface area (Å²) in [6, 6.07) is 19.9. The summed E-state index contributed by atoms with van der Waals surface area (Å²) in [5.74, 6) is 0.209. The summed E-state index contributed by atoms with van der Waals surface area (Å²) in [6.07, 6.45) is 1.52. The summed E-state index contributed by atoms with van der Waals surface area (Å²) in [6.45, 7) is 0.611. The molecule has 0 amide bonds. The Morgan fingerprint density at radius 3 is 2.52 bits per heavy atom. The van der Waals surface area contributed by atoms with Gasteiger partial charge >= 0.3 is 5.97 Å². The number of thiocarbonyl (C=S) groups is 1. The smallest absolute Gasteiger partial charge is 0.335 e. The highest BCUT2D eigenvalue weighted by Gasteiger charge is 2.06. The molecule has 1 heterocycles. The van der Waals surface area contributed by atoms with Gasteiger partial charge in [0.05, 0.1) is 11.8 Å². The van der Waals surface area contributed by atoms with E-state index in [2.05, 4.69) is 15.8 Å². The quantitative estimate of drug-likeness (QED) is 0.344. The molecule has 2 aromatic carbocycles. The van der Waals surface area contributed by atoms with Gasteiger partial charge in [0, 0.05) is 12.1 Å². The van der Waals surface area contributed by atoms with Crippen LogP contribution >= 0.6 is 12.2 Å². The van der Waals surface area contributed by atoms with Crippen molar-refractivity contribution < 1.29 is 14.3 Å². The normalized spacial score (nSPS) is 10.7. The first-order chi connectivity index (χ1) is 13.1. The van der Waals surface area contributed by atoms with Crippen LogP contribution in [0.5, 0.6) is 0 Å². The Labute approximate surface area is 161 Å². The maximum absolute atomic E-state index is 10.9. The van der Waals surface area contributed by atoms with E-state index in [0.29, 0.717) is 23.2 Å². The van der Waals surface area contributed by atoms with E-state index in [1.165, 1.54) is 18.3 Å². The second-order valence-electron chi connectivity index (χ2n) is 5.62. The van der Waals surface area contributed by atoms with Gasteiger partial charge in [0.2, 0.25) is 0 Å². The second-order valence-corrected chi connectivity index (χ2v) is 6.03. The molecular formula is C20H17N3O3S. The number of hydrogen-bond acceptors (Lipinski definition) is 4. The van der Waals surface area contributed by atoms with Crippen molar-refractivity contribution in [2.24, 2.45) is 5.10 Å². The molecule has 3 N–H and O–H groups in total. The van der Waals surface area contributed by atoms with E-state index in [-0.39, 0.29) is 5.56 Å². The van der Waals surface area contributed by atoms with Crippen LogP contribution in [-0.2, 0) is 6.54 Å². The van der Waals surface area contributed by atoms with E-state index >= 15 is 0 Å². The predicted molar refractivity (Wildman–Crippen MR) is 108 cm³/mol. The number of nitrogens with zero attached hydrogens (tertiary/aromatic N) is 1. The number of furan rings is 1. The Bertz CT molecular complexity index is 950. The predicted octanol–water partition coefficient (Wildman–Crippen LogP) is 3.64. The minimum atomic E-state index is -0.961. The van der Waals surface area contributed by atoms with Crippen LogP contribution in [0.4, 0.5) is 0 Å². The van der Waals surface area contributed by atoms with Crippen molar-refractivity contribution in [1.82, 2.24) is 10.7 Å². The minimum absolute atomic E-state index is 0.229. The van der Waals surface area contributed by atoms with Crippen molar-refractivity contribution in [3.8, 4) is 11.3 Å². The Morgan fingerprint density at radius 2 is 1.81 bits per heavy atom. The molecule has 0 spiro atoms. The van der Waals surface area contributed by atoms with Crippen LogP contribution in [-0.4, -0.2) is 22.4 Å². The molecule has 0 bridgehead atoms. The van der Waals surface area contributed by atoms with Crippen molar-refractivity contribution in [3.05, 3.63) is 83.6 Å². The molecule has 0 fully saturated rings. The zero-order chi connectivity index (χ0) is 19.1. The highest BCUT2D eigenvalue weighted by atomic mass is 32.1. The molecule has 3 rings (SSSR count). The standard InChI is InChI=1S/C20H17N3O3S/c24-19(25)16-8-6-15(7-9-16)18-11-10-17(26-18)13-22-23-20(27)21-12-14-4-2-1-3-5-14/h1-11,13H,12H2,(H,24,25)(H2,21,23,27)/b22-13+. The third kappa shape index (κ3) is 5.26. The summed E-state index contributed by atoms with van der Waals surface area (Å²) in [7, 11) is 0. The van der Waals surface area contributed by atoms with E-state index in [4.69, 9.17) is 21.7 Å². The van der Waals surface area contributed by atoms with Crippen molar-refractivity contribution in [2.45, 2.75) is 6.54 Å². The van der Waals surface area contributed by atoms with Crippen LogP contribution in [0.3, 0.4) is 0 Å². The second kappa shape index (κ2) is 8.77. The first-order valence-electron chi connectivity index (χ1n) is 8.16. The van der Waals surface area contributed by atoms with Crippen LogP contribution in [0, 0.1) is 0 Å². The molecule has 0 saturated heterocycles. The first-order valence-corrected chi connectivity index (χ1v) is 8.57. The zero-order valence-corrected chi connectivity index (χ0v) is 15.1. The van der Waals surface area contributed by atoms with Crippen LogP contribution in [0.2, 0.25) is 0 Å². The summed E-state index contributed by atoms with van der Waals surface area (Å²) < 4.78 is 5.68. The van der Waals surface area contributed by atoms with Crippen LogP contribution in [0.25, 0.3) is 11.3 Å². The molecule has 0 aliphatic carbocycles. The van der Waals surface area contributed by atoms with Gasteiger partial charge in [-0.25, -0.2) is 4.79 Å². The number of carbonyl (C=O) groups is 1. The number of nitrogens with one attached hydrogen (secondary N) is 2. The van der Waals surface area contributed by atoms with E-state index in [1.807, 2.05) is 30.3 Å². The molecule has 0 aliphatic heterocycles. The SMILES string of the molecule is O=C(O)c1ccc(-c2ccc(/C=N/NC(=S)NCc3ccccc3)o2)cc1. The van der Waals surface area contributed by atoms with Crippen LogP contribution < -0.4 is 10.7 Å². The first kappa shape index (κ1) is 18.3. The Balaban J connectivity index is 1.52. The van der Waals surface area contributed by atoms with Crippen LogP contribution in [0.15, 0.2) is 76.2 Å². The van der Waals surface area contributed by atoms with E-state index < -0.39 is 5.97 Å². The fourth-order valence-corrected chi connectivity index (χ4v) is 2.45. The van der Waals surface area contributed by atoms with Crippen molar-refractivity contribution in [1.29, 1.82) is 0 Å². The summed E-state index contributed by atoms with van der Waals surface area (Å²) >= 11 is 5.17. The molecule has 0 radical (unpaired) electrons. The Morgan fingerprint density at radius 1 is 1.07 bits per heavy atom. The average Bonchev–Trinajstić information content (AvgIpc) is 3.16. The van der Waals surface area contributed by atoms with Crippen molar-refractivity contribution >= 4 is 29.5 Å². The monoisotopic (exact) mass is 379 g/mol. The molecule has 27 heavy (non-hydrogen) atoms. The molecule has 0 saturated carbocycles. The fourth-order valence-electron chi connectivity index (χ4n) is 2.33. The van der Waals surface area contributed by atoms with Gasteiger partial charge in [-0.1, -0.05) is 42.5 Å². The van der Waals surface area contributed by atoms with Crippen LogP contribution in [0.1, 0.15) is 21.7 Å². The van der Waals surface area contributed by atoms with E-state index in [0.717, 1.165) is 11.1 Å². The van der Waals surface area contributed by atoms with Gasteiger partial charge in [0.15, 0.2) is 5.11 Å². The number of hydrazone groups is 1. The molecule has 1 aromatic heterocycles. The van der Waals surface area contributed by atoms with Gasteiger partial charge in [0.1, 0.15) is 11.5 Å². The molecule has 7 heteroatoms. The van der Waals surface area contributed by atoms with Crippen molar-refractivity contribution in [3.63, 3.8) is 0 Å². The van der Waals surface area contributed by atoms with Gasteiger partial charge in [-0.3, -0.25) is 5.43 Å². The summed E-state index contributed by atoms with van der Waals surface area (Å²) in [5.41, 5.74) is 4.87. The summed E-state index contributed by atoms with van der Waals surface area (Å²) in [4.78, 5) is 10.9. The largest absolute Gasteiger partial charge is 0.478 e. The maximum Gasteiger partial charge on any atom is 0.335 e. The Hall–Kier alpha value is -3.45. The maximum atomic E-state index is 10.9. The van der Waals surface area contributed by atoms with E-state index in [1.54, 1.807) is 24.3 Å². The zero-order valence-electron chi connectivity index (χ0n) is 14.3. The van der Waals surface area contributed by atoms with Gasteiger partial charge in [-0.05, 0) is 42.0 Å². The highest BCUT2D eigenvalue weighted by molar-refractivity contribution is 7.80. The molecule has 0 aliphatic rings. The number of hydrogen-bond donors (Lipinski definition) is 3. The summed E-state index contributed by atoms with van der Waals surface area (Å²) in [5, 5.41) is 16.4. The molecule has 0 unspecified atom stereocenters. The van der Waals surface area contributed by atoms with E-state index in [9.17, 15) is 4.79 Å². The lowest BCUT2D eigenvalue weighted by Gasteiger charge is -2.06. The number of carboxylic acid groups (broad SMARTS) is 1. The van der Waals surface area contributed by atoms with Gasteiger partial charge in [0.25, 0.3) is 0 Å². The molecule has 6 nitrogen and oxygen atoms in total. The molecule has 136 valence electrons. The molecular weight excluding hydrogens is 362 g/mol. The molecule has 3 aromatic rings. The topological polar surface area (TPSA) is 86.9 Å².